The lowest BCUT2D eigenvalue weighted by atomic mass is 10.1. The fraction of sp³-hybridized carbons (Fsp3) is 0.200. The van der Waals surface area contributed by atoms with E-state index in [-0.39, 0.29) is 18.0 Å². The molecule has 2 amide bonds. The summed E-state index contributed by atoms with van der Waals surface area (Å²) < 4.78 is 9.65. The standard InChI is InChI=1S/C20H18N2O6S/c1-27-19(25)13-4-2-12(3-5-13)9-21-17(23)10-28-20(26)14-6-7-16-15(8-14)22-18(24)11-29-16/h2-8H,9-11H2,1H3,(H,21,23)(H,22,24). The van der Waals surface area contributed by atoms with Crippen molar-refractivity contribution in [3.05, 3.63) is 59.2 Å². The highest BCUT2D eigenvalue weighted by molar-refractivity contribution is 8.00. The van der Waals surface area contributed by atoms with Crippen LogP contribution in [0.5, 0.6) is 0 Å². The molecule has 1 heterocycles. The van der Waals surface area contributed by atoms with Crippen LogP contribution in [-0.2, 0) is 25.6 Å². The SMILES string of the molecule is COC(=O)c1ccc(CNC(=O)COC(=O)c2ccc3c(c2)NC(=O)CS3)cc1. The van der Waals surface area contributed by atoms with Crippen molar-refractivity contribution >= 4 is 41.2 Å². The lowest BCUT2D eigenvalue weighted by molar-refractivity contribution is -0.124. The molecular formula is C20H18N2O6S. The molecule has 8 nitrogen and oxygen atoms in total. The monoisotopic (exact) mass is 414 g/mol. The molecule has 0 fully saturated rings. The molecule has 1 aliphatic heterocycles. The maximum atomic E-state index is 12.2. The highest BCUT2D eigenvalue weighted by Gasteiger charge is 2.18. The van der Waals surface area contributed by atoms with Gasteiger partial charge in [-0.2, -0.15) is 0 Å². The number of hydrogen-bond donors (Lipinski definition) is 2. The largest absolute Gasteiger partial charge is 0.465 e. The van der Waals surface area contributed by atoms with Crippen molar-refractivity contribution < 1.29 is 28.7 Å². The third-order valence-electron chi connectivity index (χ3n) is 4.05. The van der Waals surface area contributed by atoms with Crippen LogP contribution in [0.4, 0.5) is 5.69 Å². The summed E-state index contributed by atoms with van der Waals surface area (Å²) in [6.45, 7) is -0.211. The van der Waals surface area contributed by atoms with E-state index in [1.54, 1.807) is 36.4 Å². The van der Waals surface area contributed by atoms with E-state index >= 15 is 0 Å². The first-order valence-electron chi connectivity index (χ1n) is 8.64. The van der Waals surface area contributed by atoms with Crippen LogP contribution >= 0.6 is 11.8 Å². The van der Waals surface area contributed by atoms with E-state index < -0.39 is 24.5 Å². The number of carbonyl (C=O) groups is 4. The van der Waals surface area contributed by atoms with Crippen LogP contribution in [0.25, 0.3) is 0 Å². The molecule has 150 valence electrons. The summed E-state index contributed by atoms with van der Waals surface area (Å²) in [6.07, 6.45) is 0. The van der Waals surface area contributed by atoms with Crippen molar-refractivity contribution in [3.8, 4) is 0 Å². The Hall–Kier alpha value is -3.33. The highest BCUT2D eigenvalue weighted by atomic mass is 32.2. The first kappa shape index (κ1) is 20.4. The summed E-state index contributed by atoms with van der Waals surface area (Å²) in [6, 6.07) is 11.4. The molecule has 0 bridgehead atoms. The number of amides is 2. The van der Waals surface area contributed by atoms with Crippen LogP contribution < -0.4 is 10.6 Å². The molecule has 2 aromatic rings. The second-order valence-corrected chi connectivity index (χ2v) is 7.11. The van der Waals surface area contributed by atoms with Gasteiger partial charge in [-0.15, -0.1) is 11.8 Å². The zero-order chi connectivity index (χ0) is 20.8. The summed E-state index contributed by atoms with van der Waals surface area (Å²) >= 11 is 1.39. The van der Waals surface area contributed by atoms with Crippen molar-refractivity contribution in [1.82, 2.24) is 5.32 Å². The van der Waals surface area contributed by atoms with E-state index in [1.807, 2.05) is 0 Å². The minimum Gasteiger partial charge on any atom is -0.465 e. The molecule has 0 atom stereocenters. The predicted molar refractivity (Wildman–Crippen MR) is 106 cm³/mol. The summed E-state index contributed by atoms with van der Waals surface area (Å²) in [4.78, 5) is 47.8. The first-order chi connectivity index (χ1) is 14.0. The highest BCUT2D eigenvalue weighted by Crippen LogP contribution is 2.32. The summed E-state index contributed by atoms with van der Waals surface area (Å²) in [5.74, 6) is -1.35. The molecule has 0 aromatic heterocycles. The molecular weight excluding hydrogens is 396 g/mol. The number of thioether (sulfide) groups is 1. The van der Waals surface area contributed by atoms with Gasteiger partial charge in [0.15, 0.2) is 6.61 Å². The van der Waals surface area contributed by atoms with Crippen molar-refractivity contribution in [2.45, 2.75) is 11.4 Å². The van der Waals surface area contributed by atoms with E-state index in [0.717, 1.165) is 10.5 Å². The van der Waals surface area contributed by atoms with Crippen molar-refractivity contribution in [2.75, 3.05) is 24.8 Å². The van der Waals surface area contributed by atoms with Gasteiger partial charge < -0.3 is 20.1 Å². The maximum absolute atomic E-state index is 12.2. The Morgan fingerprint density at radius 2 is 1.79 bits per heavy atom. The van der Waals surface area contributed by atoms with Gasteiger partial charge in [-0.25, -0.2) is 9.59 Å². The molecule has 0 spiro atoms. The van der Waals surface area contributed by atoms with Crippen LogP contribution in [0, 0.1) is 0 Å². The quantitative estimate of drug-likeness (QED) is 0.696. The predicted octanol–water partition coefficient (Wildman–Crippen LogP) is 1.99. The summed E-state index contributed by atoms with van der Waals surface area (Å²) in [5, 5.41) is 5.33. The number of fused-ring (bicyclic) bond motifs is 1. The van der Waals surface area contributed by atoms with Crippen LogP contribution in [0.1, 0.15) is 26.3 Å². The third kappa shape index (κ3) is 5.35. The molecule has 0 saturated carbocycles. The van der Waals surface area contributed by atoms with Gasteiger partial charge in [0.25, 0.3) is 5.91 Å². The number of methoxy groups -OCH3 is 1. The Balaban J connectivity index is 1.48. The molecule has 2 N–H and O–H groups in total. The third-order valence-corrected chi connectivity index (χ3v) is 5.12. The van der Waals surface area contributed by atoms with Crippen LogP contribution in [0.15, 0.2) is 47.4 Å². The average Bonchev–Trinajstić information content (AvgIpc) is 2.75. The molecule has 2 aromatic carbocycles. The maximum Gasteiger partial charge on any atom is 0.338 e. The Morgan fingerprint density at radius 1 is 1.07 bits per heavy atom. The second kappa shape index (κ2) is 9.24. The number of ether oxygens (including phenoxy) is 2. The topological polar surface area (TPSA) is 111 Å². The molecule has 3 rings (SSSR count). The Bertz CT molecular complexity index is 958. The Kier molecular flexibility index (Phi) is 6.50. The number of nitrogens with one attached hydrogen (secondary N) is 2. The number of benzene rings is 2. The van der Waals surface area contributed by atoms with E-state index in [2.05, 4.69) is 15.4 Å². The van der Waals surface area contributed by atoms with Crippen molar-refractivity contribution in [2.24, 2.45) is 0 Å². The molecule has 29 heavy (non-hydrogen) atoms. The second-order valence-electron chi connectivity index (χ2n) is 6.09. The number of hydrogen-bond acceptors (Lipinski definition) is 7. The molecule has 9 heteroatoms. The van der Waals surface area contributed by atoms with E-state index in [0.29, 0.717) is 17.0 Å². The van der Waals surface area contributed by atoms with E-state index in [4.69, 9.17) is 4.74 Å². The minimum atomic E-state index is -0.657. The van der Waals surface area contributed by atoms with E-state index in [9.17, 15) is 19.2 Å². The van der Waals surface area contributed by atoms with Crippen LogP contribution in [0.3, 0.4) is 0 Å². The number of anilines is 1. The van der Waals surface area contributed by atoms with Gasteiger partial charge in [-0.05, 0) is 35.9 Å². The zero-order valence-electron chi connectivity index (χ0n) is 15.5. The molecule has 0 radical (unpaired) electrons. The Morgan fingerprint density at radius 3 is 2.52 bits per heavy atom. The van der Waals surface area contributed by atoms with Gasteiger partial charge in [0, 0.05) is 11.4 Å². The molecule has 0 saturated heterocycles. The summed E-state index contributed by atoms with van der Waals surface area (Å²) in [7, 11) is 1.30. The van der Waals surface area contributed by atoms with Crippen LogP contribution in [-0.4, -0.2) is 43.2 Å². The van der Waals surface area contributed by atoms with Crippen molar-refractivity contribution in [3.63, 3.8) is 0 Å². The minimum absolute atomic E-state index is 0.132. The van der Waals surface area contributed by atoms with Gasteiger partial charge >= 0.3 is 11.9 Å². The lowest BCUT2D eigenvalue weighted by Gasteiger charge is -2.16. The van der Waals surface area contributed by atoms with Gasteiger partial charge in [-0.1, -0.05) is 12.1 Å². The fourth-order valence-electron chi connectivity index (χ4n) is 2.55. The van der Waals surface area contributed by atoms with Gasteiger partial charge in [0.05, 0.1) is 29.7 Å². The van der Waals surface area contributed by atoms with Crippen LogP contribution in [0.2, 0.25) is 0 Å². The smallest absolute Gasteiger partial charge is 0.338 e. The lowest BCUT2D eigenvalue weighted by Crippen LogP contribution is -2.28. The Labute approximate surface area is 170 Å². The zero-order valence-corrected chi connectivity index (χ0v) is 16.3. The normalized spacial score (nSPS) is 12.4. The summed E-state index contributed by atoms with van der Waals surface area (Å²) in [5.41, 5.74) is 2.00. The fourth-order valence-corrected chi connectivity index (χ4v) is 3.34. The molecule has 0 aliphatic carbocycles. The van der Waals surface area contributed by atoms with Gasteiger partial charge in [0.2, 0.25) is 5.91 Å². The van der Waals surface area contributed by atoms with Crippen molar-refractivity contribution in [1.29, 1.82) is 0 Å². The van der Waals surface area contributed by atoms with Gasteiger partial charge in [0.1, 0.15) is 0 Å². The van der Waals surface area contributed by atoms with E-state index in [1.165, 1.54) is 24.9 Å². The average molecular weight is 414 g/mol. The number of rotatable bonds is 6. The van der Waals surface area contributed by atoms with Gasteiger partial charge in [-0.3, -0.25) is 9.59 Å². The first-order valence-corrected chi connectivity index (χ1v) is 9.62. The number of carbonyl (C=O) groups excluding carboxylic acids is 4. The molecule has 0 unspecified atom stereocenters. The number of esters is 2. The molecule has 1 aliphatic rings.